The molecule has 0 amide bonds. The van der Waals surface area contributed by atoms with Gasteiger partial charge in [0.25, 0.3) is 0 Å². The summed E-state index contributed by atoms with van der Waals surface area (Å²) in [6.45, 7) is 0. The normalized spacial score (nSPS) is 10.2. The topological polar surface area (TPSA) is 46.5 Å². The second kappa shape index (κ2) is 5.52. The Morgan fingerprint density at radius 2 is 1.95 bits per heavy atom. The van der Waals surface area contributed by atoms with Gasteiger partial charge in [-0.2, -0.15) is 0 Å². The lowest BCUT2D eigenvalue weighted by Gasteiger charge is -2.10. The van der Waals surface area contributed by atoms with Crippen molar-refractivity contribution in [3.05, 3.63) is 53.8 Å². The number of carboxylic acid groups (broad SMARTS) is 1. The van der Waals surface area contributed by atoms with Crippen molar-refractivity contribution < 1.29 is 19.0 Å². The molecule has 2 aromatic carbocycles. The third kappa shape index (κ3) is 2.91. The molecule has 19 heavy (non-hydrogen) atoms. The van der Waals surface area contributed by atoms with Crippen LogP contribution in [0.4, 0.5) is 4.39 Å². The molecule has 0 aliphatic rings. The van der Waals surface area contributed by atoms with E-state index >= 15 is 0 Å². The number of rotatable bonds is 4. The molecule has 0 aliphatic carbocycles. The number of carbonyl (C=O) groups is 1. The van der Waals surface area contributed by atoms with E-state index in [1.165, 1.54) is 19.2 Å². The molecular formula is C15H13FO3. The number of benzene rings is 2. The van der Waals surface area contributed by atoms with Crippen molar-refractivity contribution >= 4 is 5.97 Å². The van der Waals surface area contributed by atoms with E-state index in [2.05, 4.69) is 0 Å². The van der Waals surface area contributed by atoms with Gasteiger partial charge in [-0.15, -0.1) is 0 Å². The minimum Gasteiger partial charge on any atom is -0.496 e. The Balaban J connectivity index is 2.51. The smallest absolute Gasteiger partial charge is 0.307 e. The Morgan fingerprint density at radius 3 is 2.63 bits per heavy atom. The molecule has 0 fully saturated rings. The first-order valence-corrected chi connectivity index (χ1v) is 5.75. The zero-order chi connectivity index (χ0) is 13.8. The van der Waals surface area contributed by atoms with Crippen molar-refractivity contribution in [3.63, 3.8) is 0 Å². The molecule has 0 bridgehead atoms. The van der Waals surface area contributed by atoms with Gasteiger partial charge in [-0.05, 0) is 23.8 Å². The molecule has 0 saturated carbocycles. The van der Waals surface area contributed by atoms with E-state index in [0.29, 0.717) is 22.4 Å². The van der Waals surface area contributed by atoms with Crippen LogP contribution in [-0.2, 0) is 11.2 Å². The van der Waals surface area contributed by atoms with E-state index < -0.39 is 11.8 Å². The summed E-state index contributed by atoms with van der Waals surface area (Å²) in [4.78, 5) is 10.7. The summed E-state index contributed by atoms with van der Waals surface area (Å²) in [5.41, 5.74) is 1.50. The Labute approximate surface area is 110 Å². The molecule has 0 unspecified atom stereocenters. The fourth-order valence-corrected chi connectivity index (χ4v) is 1.93. The van der Waals surface area contributed by atoms with Gasteiger partial charge in [0.1, 0.15) is 11.6 Å². The molecule has 3 nitrogen and oxygen atoms in total. The van der Waals surface area contributed by atoms with Gasteiger partial charge in [0.15, 0.2) is 0 Å². The number of para-hydroxylation sites is 1. The quantitative estimate of drug-likeness (QED) is 0.918. The molecular weight excluding hydrogens is 247 g/mol. The Bertz CT molecular complexity index is 608. The maximum atomic E-state index is 13.9. The van der Waals surface area contributed by atoms with Gasteiger partial charge in [0, 0.05) is 11.1 Å². The minimum atomic E-state index is -0.947. The van der Waals surface area contributed by atoms with E-state index in [1.54, 1.807) is 30.3 Å². The highest BCUT2D eigenvalue weighted by molar-refractivity contribution is 5.74. The van der Waals surface area contributed by atoms with E-state index in [0.717, 1.165) is 0 Å². The molecule has 4 heteroatoms. The summed E-state index contributed by atoms with van der Waals surface area (Å²) in [6.07, 6.45) is -0.136. The molecule has 98 valence electrons. The number of aliphatic carboxylic acids is 1. The molecule has 0 saturated heterocycles. The fraction of sp³-hybridized carbons (Fsp3) is 0.133. The van der Waals surface area contributed by atoms with Crippen LogP contribution in [0.3, 0.4) is 0 Å². The first-order valence-electron chi connectivity index (χ1n) is 5.75. The fourth-order valence-electron chi connectivity index (χ4n) is 1.93. The molecule has 2 rings (SSSR count). The molecule has 0 spiro atoms. The average molecular weight is 260 g/mol. The average Bonchev–Trinajstić information content (AvgIpc) is 2.40. The van der Waals surface area contributed by atoms with Crippen LogP contribution in [0.25, 0.3) is 11.1 Å². The lowest BCUT2D eigenvalue weighted by molar-refractivity contribution is -0.136. The maximum absolute atomic E-state index is 13.9. The molecule has 0 heterocycles. The van der Waals surface area contributed by atoms with Gasteiger partial charge >= 0.3 is 5.97 Å². The van der Waals surface area contributed by atoms with Crippen LogP contribution < -0.4 is 4.74 Å². The van der Waals surface area contributed by atoms with Gasteiger partial charge in [0.05, 0.1) is 13.5 Å². The first kappa shape index (κ1) is 13.1. The van der Waals surface area contributed by atoms with Crippen molar-refractivity contribution in [2.24, 2.45) is 0 Å². The summed E-state index contributed by atoms with van der Waals surface area (Å²) >= 11 is 0. The molecule has 1 N–H and O–H groups in total. The highest BCUT2D eigenvalue weighted by atomic mass is 19.1. The largest absolute Gasteiger partial charge is 0.496 e. The van der Waals surface area contributed by atoms with Crippen molar-refractivity contribution in [2.75, 3.05) is 7.11 Å². The van der Waals surface area contributed by atoms with E-state index in [9.17, 15) is 9.18 Å². The molecule has 0 atom stereocenters. The molecule has 0 radical (unpaired) electrons. The van der Waals surface area contributed by atoms with E-state index in [1.807, 2.05) is 0 Å². The standard InChI is InChI=1S/C15H13FO3/c1-19-14-5-3-2-4-11(14)12-8-10(9-15(17)18)6-7-13(12)16/h2-8H,9H2,1H3,(H,17,18). The van der Waals surface area contributed by atoms with Crippen LogP contribution in [0.5, 0.6) is 5.75 Å². The predicted molar refractivity (Wildman–Crippen MR) is 69.7 cm³/mol. The number of methoxy groups -OCH3 is 1. The van der Waals surface area contributed by atoms with Gasteiger partial charge in [-0.3, -0.25) is 4.79 Å². The summed E-state index contributed by atoms with van der Waals surface area (Å²) in [5.74, 6) is -0.801. The summed E-state index contributed by atoms with van der Waals surface area (Å²) in [5, 5.41) is 8.78. The van der Waals surface area contributed by atoms with Gasteiger partial charge in [-0.1, -0.05) is 24.3 Å². The van der Waals surface area contributed by atoms with Gasteiger partial charge in [0.2, 0.25) is 0 Å². The monoisotopic (exact) mass is 260 g/mol. The molecule has 2 aromatic rings. The number of halogens is 1. The number of ether oxygens (including phenoxy) is 1. The number of hydrogen-bond donors (Lipinski definition) is 1. The Morgan fingerprint density at radius 1 is 1.21 bits per heavy atom. The number of hydrogen-bond acceptors (Lipinski definition) is 2. The SMILES string of the molecule is COc1ccccc1-c1cc(CC(=O)O)ccc1F. The highest BCUT2D eigenvalue weighted by Crippen LogP contribution is 2.32. The minimum absolute atomic E-state index is 0.136. The summed E-state index contributed by atoms with van der Waals surface area (Å²) in [7, 11) is 1.51. The highest BCUT2D eigenvalue weighted by Gasteiger charge is 2.12. The summed E-state index contributed by atoms with van der Waals surface area (Å²) < 4.78 is 19.1. The van der Waals surface area contributed by atoms with Gasteiger partial charge < -0.3 is 9.84 Å². The van der Waals surface area contributed by atoms with Crippen molar-refractivity contribution in [1.29, 1.82) is 0 Å². The van der Waals surface area contributed by atoms with Crippen LogP contribution in [0, 0.1) is 5.82 Å². The van der Waals surface area contributed by atoms with Crippen LogP contribution in [0.2, 0.25) is 0 Å². The van der Waals surface area contributed by atoms with Crippen LogP contribution >= 0.6 is 0 Å². The van der Waals surface area contributed by atoms with Crippen molar-refractivity contribution in [1.82, 2.24) is 0 Å². The number of carboxylic acids is 1. The second-order valence-electron chi connectivity index (χ2n) is 4.08. The lowest BCUT2D eigenvalue weighted by atomic mass is 10.0. The zero-order valence-electron chi connectivity index (χ0n) is 10.4. The van der Waals surface area contributed by atoms with E-state index in [-0.39, 0.29) is 6.42 Å². The second-order valence-corrected chi connectivity index (χ2v) is 4.08. The summed E-state index contributed by atoms with van der Waals surface area (Å²) in [6, 6.07) is 11.3. The van der Waals surface area contributed by atoms with Crippen LogP contribution in [0.1, 0.15) is 5.56 Å². The third-order valence-corrected chi connectivity index (χ3v) is 2.78. The first-order chi connectivity index (χ1) is 9.11. The predicted octanol–water partition coefficient (Wildman–Crippen LogP) is 3.13. The van der Waals surface area contributed by atoms with Crippen LogP contribution in [0.15, 0.2) is 42.5 Å². The third-order valence-electron chi connectivity index (χ3n) is 2.78. The van der Waals surface area contributed by atoms with E-state index in [4.69, 9.17) is 9.84 Å². The Kier molecular flexibility index (Phi) is 3.80. The van der Waals surface area contributed by atoms with Gasteiger partial charge in [-0.25, -0.2) is 4.39 Å². The maximum Gasteiger partial charge on any atom is 0.307 e. The van der Waals surface area contributed by atoms with Crippen molar-refractivity contribution in [3.8, 4) is 16.9 Å². The molecule has 0 aliphatic heterocycles. The Hall–Kier alpha value is -2.36. The zero-order valence-corrected chi connectivity index (χ0v) is 10.4. The van der Waals surface area contributed by atoms with Crippen LogP contribution in [-0.4, -0.2) is 18.2 Å². The van der Waals surface area contributed by atoms with Crippen molar-refractivity contribution in [2.45, 2.75) is 6.42 Å². The molecule has 0 aromatic heterocycles. The lowest BCUT2D eigenvalue weighted by Crippen LogP contribution is -2.01.